The summed E-state index contributed by atoms with van der Waals surface area (Å²) >= 11 is 1.95. The van der Waals surface area contributed by atoms with Gasteiger partial charge in [-0.05, 0) is 13.0 Å². The normalized spacial score (nSPS) is 20.4. The summed E-state index contributed by atoms with van der Waals surface area (Å²) in [6.45, 7) is 3.01. The average molecular weight is 244 g/mol. The molecule has 0 bridgehead atoms. The van der Waals surface area contributed by atoms with Gasteiger partial charge in [0, 0.05) is 35.3 Å². The highest BCUT2D eigenvalue weighted by Gasteiger charge is 2.11. The Labute approximate surface area is 88.2 Å². The van der Waals surface area contributed by atoms with Crippen LogP contribution in [0, 0.1) is 0 Å². The standard InChI is InChI=1S/C7H14ClNO2S2/c8-13(10,11)7-1-2-9-3-5-12-6-4-9/h1-7H2. The third-order valence-electron chi connectivity index (χ3n) is 1.97. The summed E-state index contributed by atoms with van der Waals surface area (Å²) in [4.78, 5) is 2.29. The van der Waals surface area contributed by atoms with E-state index in [1.54, 1.807) is 0 Å². The molecule has 6 heteroatoms. The first kappa shape index (κ1) is 11.6. The van der Waals surface area contributed by atoms with E-state index in [4.69, 9.17) is 10.7 Å². The van der Waals surface area contributed by atoms with E-state index in [-0.39, 0.29) is 5.75 Å². The zero-order chi connectivity index (χ0) is 9.73. The molecule has 0 saturated carbocycles. The predicted octanol–water partition coefficient (Wildman–Crippen LogP) is 0.994. The topological polar surface area (TPSA) is 37.4 Å². The van der Waals surface area contributed by atoms with Crippen LogP contribution in [0.1, 0.15) is 6.42 Å². The summed E-state index contributed by atoms with van der Waals surface area (Å²) in [6, 6.07) is 0. The van der Waals surface area contributed by atoms with Crippen molar-refractivity contribution >= 4 is 31.5 Å². The highest BCUT2D eigenvalue weighted by atomic mass is 35.7. The molecule has 0 spiro atoms. The Bertz CT molecular complexity index is 237. The van der Waals surface area contributed by atoms with E-state index in [1.165, 1.54) is 0 Å². The maximum absolute atomic E-state index is 10.6. The van der Waals surface area contributed by atoms with Crippen molar-refractivity contribution in [2.24, 2.45) is 0 Å². The van der Waals surface area contributed by atoms with Crippen molar-refractivity contribution in [3.05, 3.63) is 0 Å². The molecule has 1 saturated heterocycles. The van der Waals surface area contributed by atoms with Gasteiger partial charge in [-0.1, -0.05) is 0 Å². The Balaban J connectivity index is 2.11. The van der Waals surface area contributed by atoms with Gasteiger partial charge in [0.05, 0.1) is 5.75 Å². The van der Waals surface area contributed by atoms with Crippen molar-refractivity contribution in [1.29, 1.82) is 0 Å². The summed E-state index contributed by atoms with van der Waals surface area (Å²) in [5.74, 6) is 2.42. The fourth-order valence-electron chi connectivity index (χ4n) is 1.29. The lowest BCUT2D eigenvalue weighted by Gasteiger charge is -2.25. The van der Waals surface area contributed by atoms with Gasteiger partial charge in [-0.3, -0.25) is 0 Å². The van der Waals surface area contributed by atoms with E-state index in [1.807, 2.05) is 11.8 Å². The predicted molar refractivity (Wildman–Crippen MR) is 58.0 cm³/mol. The molecule has 3 nitrogen and oxygen atoms in total. The van der Waals surface area contributed by atoms with Gasteiger partial charge in [-0.25, -0.2) is 8.42 Å². The molecule has 78 valence electrons. The third kappa shape index (κ3) is 5.78. The van der Waals surface area contributed by atoms with Gasteiger partial charge in [0.15, 0.2) is 0 Å². The van der Waals surface area contributed by atoms with Crippen LogP contribution in [0.15, 0.2) is 0 Å². The molecule has 13 heavy (non-hydrogen) atoms. The van der Waals surface area contributed by atoms with Crippen LogP contribution in [-0.2, 0) is 9.05 Å². The van der Waals surface area contributed by atoms with E-state index < -0.39 is 9.05 Å². The van der Waals surface area contributed by atoms with Crippen LogP contribution in [0.3, 0.4) is 0 Å². The van der Waals surface area contributed by atoms with Crippen molar-refractivity contribution in [3.8, 4) is 0 Å². The van der Waals surface area contributed by atoms with Crippen LogP contribution in [0.2, 0.25) is 0 Å². The molecular formula is C7H14ClNO2S2. The minimum absolute atomic E-state index is 0.0954. The average Bonchev–Trinajstić information content (AvgIpc) is 2.04. The van der Waals surface area contributed by atoms with E-state index >= 15 is 0 Å². The number of nitrogens with zero attached hydrogens (tertiary/aromatic N) is 1. The van der Waals surface area contributed by atoms with Gasteiger partial charge in [0.25, 0.3) is 0 Å². The molecule has 0 radical (unpaired) electrons. The Morgan fingerprint density at radius 2 is 1.92 bits per heavy atom. The van der Waals surface area contributed by atoms with E-state index in [9.17, 15) is 8.42 Å². The molecule has 0 N–H and O–H groups in total. The molecule has 1 aliphatic heterocycles. The SMILES string of the molecule is O=S(=O)(Cl)CCCN1CCSCC1. The molecule has 0 aromatic rings. The first-order valence-corrected chi connectivity index (χ1v) is 7.94. The van der Waals surface area contributed by atoms with Crippen molar-refractivity contribution in [2.45, 2.75) is 6.42 Å². The van der Waals surface area contributed by atoms with E-state index in [0.717, 1.165) is 31.1 Å². The minimum atomic E-state index is -3.28. The highest BCUT2D eigenvalue weighted by Crippen LogP contribution is 2.09. The van der Waals surface area contributed by atoms with Crippen LogP contribution in [0.4, 0.5) is 0 Å². The van der Waals surface area contributed by atoms with Crippen molar-refractivity contribution < 1.29 is 8.42 Å². The Kier molecular flexibility index (Phi) is 4.86. The summed E-state index contributed by atoms with van der Waals surface area (Å²) in [5, 5.41) is 0. The molecule has 0 amide bonds. The minimum Gasteiger partial charge on any atom is -0.302 e. The zero-order valence-corrected chi connectivity index (χ0v) is 9.80. The van der Waals surface area contributed by atoms with Crippen LogP contribution in [0.5, 0.6) is 0 Å². The lowest BCUT2D eigenvalue weighted by molar-refractivity contribution is 0.304. The summed E-state index contributed by atoms with van der Waals surface area (Å²) in [7, 11) is 1.82. The van der Waals surface area contributed by atoms with Gasteiger partial charge in [-0.15, -0.1) is 0 Å². The number of thioether (sulfide) groups is 1. The number of rotatable bonds is 4. The van der Waals surface area contributed by atoms with Gasteiger partial charge < -0.3 is 4.90 Å². The van der Waals surface area contributed by atoms with Crippen molar-refractivity contribution in [2.75, 3.05) is 36.9 Å². The van der Waals surface area contributed by atoms with Crippen molar-refractivity contribution in [1.82, 2.24) is 4.90 Å². The Morgan fingerprint density at radius 3 is 2.46 bits per heavy atom. The third-order valence-corrected chi connectivity index (χ3v) is 4.15. The second-order valence-corrected chi connectivity index (χ2v) is 7.17. The number of halogens is 1. The fourth-order valence-corrected chi connectivity index (χ4v) is 3.07. The molecule has 0 aromatic carbocycles. The number of hydrogen-bond acceptors (Lipinski definition) is 4. The first-order valence-electron chi connectivity index (χ1n) is 4.30. The fraction of sp³-hybridized carbons (Fsp3) is 1.00. The largest absolute Gasteiger partial charge is 0.302 e. The lowest BCUT2D eigenvalue weighted by Crippen LogP contribution is -2.33. The Hall–Kier alpha value is 0.550. The highest BCUT2D eigenvalue weighted by molar-refractivity contribution is 8.13. The molecule has 1 aliphatic rings. The van der Waals surface area contributed by atoms with E-state index in [0.29, 0.717) is 6.42 Å². The Morgan fingerprint density at radius 1 is 1.31 bits per heavy atom. The number of hydrogen-bond donors (Lipinski definition) is 0. The van der Waals surface area contributed by atoms with Gasteiger partial charge >= 0.3 is 0 Å². The maximum atomic E-state index is 10.6. The van der Waals surface area contributed by atoms with Crippen LogP contribution >= 0.6 is 22.4 Å². The quantitative estimate of drug-likeness (QED) is 0.691. The van der Waals surface area contributed by atoms with Crippen molar-refractivity contribution in [3.63, 3.8) is 0 Å². The monoisotopic (exact) mass is 243 g/mol. The first-order chi connectivity index (χ1) is 6.08. The van der Waals surface area contributed by atoms with Gasteiger partial charge in [0.2, 0.25) is 9.05 Å². The van der Waals surface area contributed by atoms with E-state index in [2.05, 4.69) is 4.90 Å². The summed E-state index contributed by atoms with van der Waals surface area (Å²) in [5.41, 5.74) is 0. The van der Waals surface area contributed by atoms with Gasteiger partial charge in [-0.2, -0.15) is 11.8 Å². The molecule has 1 heterocycles. The molecule has 1 rings (SSSR count). The van der Waals surface area contributed by atoms with Gasteiger partial charge in [0.1, 0.15) is 0 Å². The zero-order valence-electron chi connectivity index (χ0n) is 7.41. The lowest BCUT2D eigenvalue weighted by atomic mass is 10.4. The summed E-state index contributed by atoms with van der Waals surface area (Å²) in [6.07, 6.45) is 0.649. The second-order valence-electron chi connectivity index (χ2n) is 3.05. The maximum Gasteiger partial charge on any atom is 0.232 e. The van der Waals surface area contributed by atoms with Crippen LogP contribution in [0.25, 0.3) is 0 Å². The molecule has 0 unspecified atom stereocenters. The molecule has 0 aliphatic carbocycles. The molecule has 1 fully saturated rings. The summed E-state index contributed by atoms with van der Waals surface area (Å²) < 4.78 is 21.2. The molecular weight excluding hydrogens is 230 g/mol. The molecule has 0 atom stereocenters. The van der Waals surface area contributed by atoms with Crippen LogP contribution < -0.4 is 0 Å². The van der Waals surface area contributed by atoms with Crippen LogP contribution in [-0.4, -0.2) is 50.2 Å². The second kappa shape index (κ2) is 5.44. The smallest absolute Gasteiger partial charge is 0.232 e. The molecule has 0 aromatic heterocycles.